The fourth-order valence-corrected chi connectivity index (χ4v) is 6.21. The lowest BCUT2D eigenvalue weighted by molar-refractivity contribution is -0.385. The molecule has 8 heteroatoms. The molecule has 3 rings (SSSR count). The Hall–Kier alpha value is -1.51. The lowest BCUT2D eigenvalue weighted by atomic mass is 10.0. The SMILES string of the molecule is Cc1cc([N+](=O)[O-])ccc1S(=O)(=O)N1CCCC(N2C(C)CCC2C)C1. The lowest BCUT2D eigenvalue weighted by Crippen LogP contribution is -2.52. The number of sulfonamides is 1. The fraction of sp³-hybridized carbons (Fsp3) is 0.667. The molecule has 0 saturated carbocycles. The summed E-state index contributed by atoms with van der Waals surface area (Å²) in [5.41, 5.74) is 0.335. The van der Waals surface area contributed by atoms with Crippen molar-refractivity contribution in [2.75, 3.05) is 13.1 Å². The molecule has 1 aromatic rings. The van der Waals surface area contributed by atoms with E-state index < -0.39 is 14.9 Å². The molecule has 2 saturated heterocycles. The van der Waals surface area contributed by atoms with Gasteiger partial charge >= 0.3 is 0 Å². The van der Waals surface area contributed by atoms with Crippen molar-refractivity contribution in [3.8, 4) is 0 Å². The molecule has 0 N–H and O–H groups in total. The van der Waals surface area contributed by atoms with Gasteiger partial charge in [0.25, 0.3) is 5.69 Å². The van der Waals surface area contributed by atoms with Crippen LogP contribution in [0, 0.1) is 17.0 Å². The highest BCUT2D eigenvalue weighted by Crippen LogP contribution is 2.32. The van der Waals surface area contributed by atoms with Crippen LogP contribution in [0.4, 0.5) is 5.69 Å². The smallest absolute Gasteiger partial charge is 0.269 e. The number of nitrogens with zero attached hydrogens (tertiary/aromatic N) is 3. The van der Waals surface area contributed by atoms with Gasteiger partial charge in [0, 0.05) is 43.3 Å². The van der Waals surface area contributed by atoms with Crippen LogP contribution in [-0.2, 0) is 10.0 Å². The second-order valence-corrected chi connectivity index (χ2v) is 9.49. The number of non-ortho nitro benzene ring substituents is 1. The molecule has 0 bridgehead atoms. The molecule has 1 aromatic carbocycles. The number of hydrogen-bond acceptors (Lipinski definition) is 5. The first-order valence-corrected chi connectivity index (χ1v) is 10.7. The Morgan fingerprint density at radius 2 is 1.81 bits per heavy atom. The normalized spacial score (nSPS) is 28.3. The van der Waals surface area contributed by atoms with Crippen LogP contribution in [0.3, 0.4) is 0 Å². The first-order valence-electron chi connectivity index (χ1n) is 9.24. The average molecular weight is 381 g/mol. The van der Waals surface area contributed by atoms with Crippen LogP contribution in [0.1, 0.15) is 45.1 Å². The van der Waals surface area contributed by atoms with Gasteiger partial charge in [0.15, 0.2) is 0 Å². The molecule has 3 atom stereocenters. The van der Waals surface area contributed by atoms with Crippen LogP contribution in [0.15, 0.2) is 23.1 Å². The summed E-state index contributed by atoms with van der Waals surface area (Å²) in [7, 11) is -3.65. The van der Waals surface area contributed by atoms with Crippen LogP contribution < -0.4 is 0 Å². The first kappa shape index (κ1) is 19.3. The van der Waals surface area contributed by atoms with E-state index in [4.69, 9.17) is 0 Å². The number of hydrogen-bond donors (Lipinski definition) is 0. The van der Waals surface area contributed by atoms with Gasteiger partial charge in [-0.2, -0.15) is 4.31 Å². The van der Waals surface area contributed by atoms with Gasteiger partial charge in [-0.3, -0.25) is 15.0 Å². The zero-order valence-electron chi connectivity index (χ0n) is 15.6. The van der Waals surface area contributed by atoms with Crippen molar-refractivity contribution in [2.45, 2.75) is 69.5 Å². The van der Waals surface area contributed by atoms with Crippen molar-refractivity contribution in [1.82, 2.24) is 9.21 Å². The second kappa shape index (κ2) is 7.25. The molecule has 0 radical (unpaired) electrons. The van der Waals surface area contributed by atoms with Gasteiger partial charge in [-0.1, -0.05) is 0 Å². The minimum Gasteiger partial charge on any atom is -0.294 e. The summed E-state index contributed by atoms with van der Waals surface area (Å²) in [5.74, 6) is 0. The van der Waals surface area contributed by atoms with Crippen LogP contribution in [0.5, 0.6) is 0 Å². The fourth-order valence-electron chi connectivity index (χ4n) is 4.49. The molecule has 2 fully saturated rings. The molecule has 2 aliphatic heterocycles. The molecular weight excluding hydrogens is 354 g/mol. The molecular formula is C18H27N3O4S. The van der Waals surface area contributed by atoms with Crippen molar-refractivity contribution in [1.29, 1.82) is 0 Å². The molecule has 0 aromatic heterocycles. The van der Waals surface area contributed by atoms with E-state index in [0.29, 0.717) is 30.7 Å². The number of piperidine rings is 1. The van der Waals surface area contributed by atoms with Crippen molar-refractivity contribution in [3.05, 3.63) is 33.9 Å². The Labute approximate surface area is 155 Å². The summed E-state index contributed by atoms with van der Waals surface area (Å²) < 4.78 is 27.9. The summed E-state index contributed by atoms with van der Waals surface area (Å²) in [6, 6.07) is 5.18. The third-order valence-corrected chi connectivity index (χ3v) is 7.81. The maximum absolute atomic E-state index is 13.2. The molecule has 0 amide bonds. The first-order chi connectivity index (χ1) is 12.2. The summed E-state index contributed by atoms with van der Waals surface area (Å²) >= 11 is 0. The van der Waals surface area contributed by atoms with Gasteiger partial charge < -0.3 is 0 Å². The summed E-state index contributed by atoms with van der Waals surface area (Å²) in [5, 5.41) is 10.9. The molecule has 7 nitrogen and oxygen atoms in total. The number of rotatable bonds is 4. The van der Waals surface area contributed by atoms with E-state index in [-0.39, 0.29) is 16.6 Å². The zero-order valence-corrected chi connectivity index (χ0v) is 16.4. The van der Waals surface area contributed by atoms with Crippen LogP contribution in [-0.4, -0.2) is 53.8 Å². The molecule has 2 aliphatic rings. The quantitative estimate of drug-likeness (QED) is 0.591. The summed E-state index contributed by atoms with van der Waals surface area (Å²) in [4.78, 5) is 13.1. The predicted octanol–water partition coefficient (Wildman–Crippen LogP) is 2.93. The Bertz CT molecular complexity index is 786. The van der Waals surface area contributed by atoms with Crippen molar-refractivity contribution in [3.63, 3.8) is 0 Å². The minimum atomic E-state index is -3.65. The van der Waals surface area contributed by atoms with E-state index in [1.807, 2.05) is 0 Å². The number of likely N-dealkylation sites (tertiary alicyclic amines) is 1. The lowest BCUT2D eigenvalue weighted by Gasteiger charge is -2.41. The number of nitro groups is 1. The molecule has 0 spiro atoms. The van der Waals surface area contributed by atoms with Gasteiger partial charge in [0.05, 0.1) is 9.82 Å². The average Bonchev–Trinajstić information content (AvgIpc) is 2.93. The third-order valence-electron chi connectivity index (χ3n) is 5.79. The standard InChI is InChI=1S/C18H27N3O4S/c1-13-11-16(21(22)23)8-9-18(13)26(24,25)19-10-4-5-17(12-19)20-14(2)6-7-15(20)3/h8-9,11,14-15,17H,4-7,10,12H2,1-3H3. The monoisotopic (exact) mass is 381 g/mol. The maximum atomic E-state index is 13.2. The number of nitro benzene ring substituents is 1. The zero-order chi connectivity index (χ0) is 19.1. The van der Waals surface area contributed by atoms with E-state index in [1.165, 1.54) is 18.2 Å². The second-order valence-electron chi connectivity index (χ2n) is 7.59. The highest BCUT2D eigenvalue weighted by atomic mass is 32.2. The van der Waals surface area contributed by atoms with Crippen LogP contribution >= 0.6 is 0 Å². The largest absolute Gasteiger partial charge is 0.294 e. The Morgan fingerprint density at radius 3 is 2.38 bits per heavy atom. The van der Waals surface area contributed by atoms with E-state index >= 15 is 0 Å². The van der Waals surface area contributed by atoms with Crippen LogP contribution in [0.25, 0.3) is 0 Å². The van der Waals surface area contributed by atoms with Gasteiger partial charge in [-0.05, 0) is 58.1 Å². The summed E-state index contributed by atoms with van der Waals surface area (Å²) in [6.07, 6.45) is 4.17. The minimum absolute atomic E-state index is 0.0855. The highest BCUT2D eigenvalue weighted by Gasteiger charge is 2.38. The summed E-state index contributed by atoms with van der Waals surface area (Å²) in [6.45, 7) is 7.06. The highest BCUT2D eigenvalue weighted by molar-refractivity contribution is 7.89. The predicted molar refractivity (Wildman–Crippen MR) is 99.6 cm³/mol. The van der Waals surface area contributed by atoms with Crippen molar-refractivity contribution < 1.29 is 13.3 Å². The topological polar surface area (TPSA) is 83.8 Å². The van der Waals surface area contributed by atoms with Gasteiger partial charge in [0.1, 0.15) is 0 Å². The van der Waals surface area contributed by atoms with Crippen molar-refractivity contribution in [2.24, 2.45) is 0 Å². The Morgan fingerprint density at radius 1 is 1.15 bits per heavy atom. The number of aryl methyl sites for hydroxylation is 1. The maximum Gasteiger partial charge on any atom is 0.269 e. The Balaban J connectivity index is 1.84. The van der Waals surface area contributed by atoms with E-state index in [9.17, 15) is 18.5 Å². The van der Waals surface area contributed by atoms with E-state index in [2.05, 4.69) is 18.7 Å². The van der Waals surface area contributed by atoms with Gasteiger partial charge in [-0.15, -0.1) is 0 Å². The van der Waals surface area contributed by atoms with E-state index in [1.54, 1.807) is 11.2 Å². The molecule has 26 heavy (non-hydrogen) atoms. The third kappa shape index (κ3) is 3.50. The van der Waals surface area contributed by atoms with Gasteiger partial charge in [-0.25, -0.2) is 8.42 Å². The Kier molecular flexibility index (Phi) is 5.37. The molecule has 144 valence electrons. The van der Waals surface area contributed by atoms with Crippen LogP contribution in [0.2, 0.25) is 0 Å². The van der Waals surface area contributed by atoms with E-state index in [0.717, 1.165) is 25.7 Å². The van der Waals surface area contributed by atoms with Gasteiger partial charge in [0.2, 0.25) is 10.0 Å². The van der Waals surface area contributed by atoms with Crippen molar-refractivity contribution >= 4 is 15.7 Å². The molecule has 2 heterocycles. The molecule has 0 aliphatic carbocycles. The number of benzene rings is 1. The molecule has 3 unspecified atom stereocenters.